The molecule has 0 unspecified atom stereocenters. The maximum Gasteiger partial charge on any atom is 0.255 e. The number of anilines is 1. The van der Waals surface area contributed by atoms with Gasteiger partial charge in [0.1, 0.15) is 0 Å². The van der Waals surface area contributed by atoms with Crippen molar-refractivity contribution >= 4 is 17.3 Å². The van der Waals surface area contributed by atoms with Gasteiger partial charge >= 0.3 is 0 Å². The highest BCUT2D eigenvalue weighted by atomic mass is 32.1. The fourth-order valence-corrected chi connectivity index (χ4v) is 3.55. The number of aryl methyl sites for hydroxylation is 1. The second-order valence-electron chi connectivity index (χ2n) is 5.83. The number of fused-ring (bicyclic) bond motifs is 1. The maximum absolute atomic E-state index is 12.3. The van der Waals surface area contributed by atoms with Crippen LogP contribution in [-0.4, -0.2) is 47.0 Å². The number of aromatic amines is 1. The molecule has 1 aliphatic heterocycles. The van der Waals surface area contributed by atoms with Crippen LogP contribution in [0.15, 0.2) is 11.0 Å². The van der Waals surface area contributed by atoms with Gasteiger partial charge in [-0.15, -0.1) is 11.3 Å². The third-order valence-electron chi connectivity index (χ3n) is 3.90. The number of hydrogen-bond acceptors (Lipinski definition) is 6. The molecular formula is C15H21N5OS. The number of thiazole rings is 1. The van der Waals surface area contributed by atoms with Crippen LogP contribution < -0.4 is 10.5 Å². The summed E-state index contributed by atoms with van der Waals surface area (Å²) in [5, 5.41) is 1.10. The van der Waals surface area contributed by atoms with Crippen molar-refractivity contribution in [1.29, 1.82) is 0 Å². The molecule has 0 bridgehead atoms. The van der Waals surface area contributed by atoms with Gasteiger partial charge in [0.15, 0.2) is 0 Å². The Morgan fingerprint density at radius 3 is 2.82 bits per heavy atom. The molecule has 22 heavy (non-hydrogen) atoms. The molecule has 3 rings (SSSR count). The molecule has 0 saturated carbocycles. The zero-order valence-corrected chi connectivity index (χ0v) is 14.0. The van der Waals surface area contributed by atoms with Crippen molar-refractivity contribution in [2.75, 3.05) is 32.1 Å². The minimum absolute atomic E-state index is 0.00387. The Bertz CT molecular complexity index is 721. The van der Waals surface area contributed by atoms with Crippen molar-refractivity contribution in [1.82, 2.24) is 19.9 Å². The molecule has 0 atom stereocenters. The van der Waals surface area contributed by atoms with E-state index in [4.69, 9.17) is 0 Å². The minimum atomic E-state index is 0.00387. The van der Waals surface area contributed by atoms with Gasteiger partial charge in [-0.05, 0) is 13.3 Å². The van der Waals surface area contributed by atoms with E-state index in [9.17, 15) is 4.79 Å². The fraction of sp³-hybridized carbons (Fsp3) is 0.533. The zero-order chi connectivity index (χ0) is 15.7. The van der Waals surface area contributed by atoms with E-state index in [2.05, 4.69) is 19.9 Å². The van der Waals surface area contributed by atoms with Crippen molar-refractivity contribution in [3.05, 3.63) is 37.7 Å². The Balaban J connectivity index is 1.77. The van der Waals surface area contributed by atoms with Crippen LogP contribution in [-0.2, 0) is 19.4 Å². The van der Waals surface area contributed by atoms with E-state index >= 15 is 0 Å². The summed E-state index contributed by atoms with van der Waals surface area (Å²) >= 11 is 1.74. The lowest BCUT2D eigenvalue weighted by molar-refractivity contribution is 0.281. The number of aromatic nitrogens is 3. The quantitative estimate of drug-likeness (QED) is 0.921. The third-order valence-corrected chi connectivity index (χ3v) is 4.80. The molecule has 3 heterocycles. The van der Waals surface area contributed by atoms with Crippen LogP contribution in [0.25, 0.3) is 0 Å². The van der Waals surface area contributed by atoms with E-state index in [0.29, 0.717) is 5.95 Å². The average Bonchev–Trinajstić information content (AvgIpc) is 2.76. The first-order chi connectivity index (χ1) is 10.5. The number of H-pyrrole nitrogens is 1. The van der Waals surface area contributed by atoms with Gasteiger partial charge in [0.25, 0.3) is 5.56 Å². The number of nitrogens with one attached hydrogen (secondary N) is 1. The van der Waals surface area contributed by atoms with Gasteiger partial charge in [-0.2, -0.15) is 0 Å². The lowest BCUT2D eigenvalue weighted by Crippen LogP contribution is -2.26. The summed E-state index contributed by atoms with van der Waals surface area (Å²) in [7, 11) is 3.78. The Kier molecular flexibility index (Phi) is 4.26. The SMILES string of the molecule is Cc1ncc(CN2CCc3nc(N(C)C)[nH]c(=O)c3CC2)s1. The smallest absolute Gasteiger partial charge is 0.255 e. The van der Waals surface area contributed by atoms with E-state index in [-0.39, 0.29) is 5.56 Å². The predicted octanol–water partition coefficient (Wildman–Crippen LogP) is 1.20. The van der Waals surface area contributed by atoms with E-state index in [1.54, 1.807) is 11.3 Å². The van der Waals surface area contributed by atoms with Crippen LogP contribution in [0.5, 0.6) is 0 Å². The highest BCUT2D eigenvalue weighted by Gasteiger charge is 2.19. The molecule has 0 aromatic carbocycles. The zero-order valence-electron chi connectivity index (χ0n) is 13.2. The summed E-state index contributed by atoms with van der Waals surface area (Å²) in [5.41, 5.74) is 1.79. The average molecular weight is 319 g/mol. The molecule has 118 valence electrons. The second-order valence-corrected chi connectivity index (χ2v) is 7.15. The van der Waals surface area contributed by atoms with Gasteiger partial charge in [0, 0.05) is 56.8 Å². The molecule has 0 aliphatic carbocycles. The topological polar surface area (TPSA) is 65.1 Å². The largest absolute Gasteiger partial charge is 0.348 e. The van der Waals surface area contributed by atoms with Crippen LogP contribution >= 0.6 is 11.3 Å². The molecule has 2 aromatic heterocycles. The number of hydrogen-bond donors (Lipinski definition) is 1. The molecular weight excluding hydrogens is 298 g/mol. The van der Waals surface area contributed by atoms with Gasteiger partial charge in [-0.3, -0.25) is 14.7 Å². The Labute approximate surface area is 133 Å². The van der Waals surface area contributed by atoms with Crippen molar-refractivity contribution in [2.45, 2.75) is 26.3 Å². The Morgan fingerprint density at radius 1 is 1.36 bits per heavy atom. The molecule has 0 saturated heterocycles. The molecule has 7 heteroatoms. The summed E-state index contributed by atoms with van der Waals surface area (Å²) < 4.78 is 0. The lowest BCUT2D eigenvalue weighted by atomic mass is 10.1. The Morgan fingerprint density at radius 2 is 2.14 bits per heavy atom. The van der Waals surface area contributed by atoms with E-state index in [1.807, 2.05) is 32.1 Å². The van der Waals surface area contributed by atoms with Crippen LogP contribution in [0.4, 0.5) is 5.95 Å². The normalized spacial score (nSPS) is 15.4. The van der Waals surface area contributed by atoms with Gasteiger partial charge in [-0.1, -0.05) is 0 Å². The van der Waals surface area contributed by atoms with Crippen LogP contribution in [0, 0.1) is 6.92 Å². The third kappa shape index (κ3) is 3.20. The number of nitrogens with zero attached hydrogens (tertiary/aromatic N) is 4. The van der Waals surface area contributed by atoms with Gasteiger partial charge < -0.3 is 4.90 Å². The molecule has 2 aromatic rings. The van der Waals surface area contributed by atoms with Crippen molar-refractivity contribution in [3.8, 4) is 0 Å². The fourth-order valence-electron chi connectivity index (χ4n) is 2.71. The minimum Gasteiger partial charge on any atom is -0.348 e. The van der Waals surface area contributed by atoms with Crippen molar-refractivity contribution in [2.24, 2.45) is 0 Å². The number of rotatable bonds is 3. The van der Waals surface area contributed by atoms with E-state index in [0.717, 1.165) is 48.7 Å². The molecule has 0 radical (unpaired) electrons. The summed E-state index contributed by atoms with van der Waals surface area (Å²) in [6, 6.07) is 0. The van der Waals surface area contributed by atoms with Gasteiger partial charge in [0.05, 0.1) is 10.7 Å². The molecule has 0 fully saturated rings. The summed E-state index contributed by atoms with van der Waals surface area (Å²) in [6.07, 6.45) is 3.52. The lowest BCUT2D eigenvalue weighted by Gasteiger charge is -2.18. The first kappa shape index (κ1) is 15.2. The molecule has 0 amide bonds. The first-order valence-corrected chi connectivity index (χ1v) is 8.27. The van der Waals surface area contributed by atoms with Crippen molar-refractivity contribution < 1.29 is 0 Å². The highest BCUT2D eigenvalue weighted by molar-refractivity contribution is 7.11. The second kappa shape index (κ2) is 6.18. The summed E-state index contributed by atoms with van der Waals surface area (Å²) in [5.74, 6) is 0.635. The molecule has 1 aliphatic rings. The van der Waals surface area contributed by atoms with Gasteiger partial charge in [-0.25, -0.2) is 9.97 Å². The van der Waals surface area contributed by atoms with E-state index in [1.165, 1.54) is 4.88 Å². The maximum atomic E-state index is 12.3. The van der Waals surface area contributed by atoms with E-state index < -0.39 is 0 Å². The monoisotopic (exact) mass is 319 g/mol. The van der Waals surface area contributed by atoms with Crippen LogP contribution in [0.3, 0.4) is 0 Å². The summed E-state index contributed by atoms with van der Waals surface area (Å²) in [4.78, 5) is 29.5. The predicted molar refractivity (Wildman–Crippen MR) is 88.7 cm³/mol. The molecule has 6 nitrogen and oxygen atoms in total. The van der Waals surface area contributed by atoms with Crippen LogP contribution in [0.2, 0.25) is 0 Å². The molecule has 0 spiro atoms. The Hall–Kier alpha value is -1.73. The summed E-state index contributed by atoms with van der Waals surface area (Å²) in [6.45, 7) is 4.74. The first-order valence-electron chi connectivity index (χ1n) is 7.46. The molecule has 1 N–H and O–H groups in total. The van der Waals surface area contributed by atoms with Gasteiger partial charge in [0.2, 0.25) is 5.95 Å². The van der Waals surface area contributed by atoms with Crippen molar-refractivity contribution in [3.63, 3.8) is 0 Å². The standard InChI is InChI=1S/C15H21N5OS/c1-10-16-8-11(22-10)9-20-6-4-12-13(5-7-20)17-15(19(2)3)18-14(12)21/h8H,4-7,9H2,1-3H3,(H,17,18,21). The van der Waals surface area contributed by atoms with Crippen LogP contribution in [0.1, 0.15) is 21.1 Å². The highest BCUT2D eigenvalue weighted by Crippen LogP contribution is 2.18.